The SMILES string of the molecule is O=C([O-])c1ccc(C(=O)[O-])c(C(=O)[O-])c1.[Ru+3]. The molecule has 1 aromatic carbocycles. The van der Waals surface area contributed by atoms with Gasteiger partial charge in [0.2, 0.25) is 0 Å². The summed E-state index contributed by atoms with van der Waals surface area (Å²) in [6.07, 6.45) is 0. The molecule has 7 heteroatoms. The number of carboxylic acid groups (broad SMARTS) is 3. The number of carbonyl (C=O) groups excluding carboxylic acids is 3. The molecule has 0 fully saturated rings. The average molecular weight is 308 g/mol. The standard InChI is InChI=1S/C9H6O6.Ru/c10-7(11)4-1-2-5(8(12)13)6(3-4)9(14)15;/h1-3H,(H,10,11)(H,12,13)(H,14,15);/q;+3/p-3. The Morgan fingerprint density at radius 3 is 1.69 bits per heavy atom. The minimum absolute atomic E-state index is 0. The summed E-state index contributed by atoms with van der Waals surface area (Å²) in [6.45, 7) is 0. The van der Waals surface area contributed by atoms with Gasteiger partial charge in [-0.3, -0.25) is 0 Å². The van der Waals surface area contributed by atoms with Gasteiger partial charge in [0.25, 0.3) is 0 Å². The minimum atomic E-state index is -1.79. The fourth-order valence-electron chi connectivity index (χ4n) is 1.02. The molecule has 0 N–H and O–H groups in total. The quantitative estimate of drug-likeness (QED) is 0.542. The zero-order valence-electron chi connectivity index (χ0n) is 7.54. The van der Waals surface area contributed by atoms with Crippen LogP contribution in [0.4, 0.5) is 0 Å². The normalized spacial score (nSPS) is 9.00. The first-order valence-corrected chi connectivity index (χ1v) is 3.71. The van der Waals surface area contributed by atoms with Gasteiger partial charge >= 0.3 is 19.5 Å². The van der Waals surface area contributed by atoms with Crippen LogP contribution in [0.25, 0.3) is 0 Å². The van der Waals surface area contributed by atoms with Crippen molar-refractivity contribution in [3.8, 4) is 0 Å². The Labute approximate surface area is 102 Å². The van der Waals surface area contributed by atoms with Crippen LogP contribution in [0.5, 0.6) is 0 Å². The van der Waals surface area contributed by atoms with Crippen molar-refractivity contribution in [2.45, 2.75) is 0 Å². The average Bonchev–Trinajstić information content (AvgIpc) is 2.16. The van der Waals surface area contributed by atoms with Crippen LogP contribution in [0.15, 0.2) is 18.2 Å². The van der Waals surface area contributed by atoms with Gasteiger partial charge in [-0.2, -0.15) is 0 Å². The van der Waals surface area contributed by atoms with E-state index >= 15 is 0 Å². The van der Waals surface area contributed by atoms with Gasteiger partial charge in [0.05, 0.1) is 17.9 Å². The summed E-state index contributed by atoms with van der Waals surface area (Å²) in [5.41, 5.74) is -1.84. The first kappa shape index (κ1) is 14.3. The first-order valence-electron chi connectivity index (χ1n) is 3.71. The topological polar surface area (TPSA) is 120 Å². The van der Waals surface area contributed by atoms with Crippen LogP contribution in [-0.2, 0) is 19.5 Å². The van der Waals surface area contributed by atoms with E-state index in [9.17, 15) is 29.7 Å². The first-order chi connectivity index (χ1) is 6.93. The van der Waals surface area contributed by atoms with Gasteiger partial charge in [-0.25, -0.2) is 0 Å². The molecule has 0 aliphatic rings. The molecule has 6 nitrogen and oxygen atoms in total. The molecule has 1 aromatic rings. The zero-order valence-corrected chi connectivity index (χ0v) is 9.27. The van der Waals surface area contributed by atoms with E-state index in [1.165, 1.54) is 0 Å². The summed E-state index contributed by atoms with van der Waals surface area (Å²) in [5, 5.41) is 31.3. The Kier molecular flexibility index (Phi) is 4.78. The van der Waals surface area contributed by atoms with Crippen molar-refractivity contribution in [2.75, 3.05) is 0 Å². The van der Waals surface area contributed by atoms with E-state index in [1.807, 2.05) is 0 Å². The molecular weight excluding hydrogens is 305 g/mol. The third-order valence-electron chi connectivity index (χ3n) is 1.70. The Morgan fingerprint density at radius 2 is 1.31 bits per heavy atom. The number of benzene rings is 1. The minimum Gasteiger partial charge on any atom is -0.545 e. The smallest absolute Gasteiger partial charge is 0.545 e. The second-order valence-electron chi connectivity index (χ2n) is 2.62. The molecule has 1 radical (unpaired) electrons. The maximum absolute atomic E-state index is 10.5. The largest absolute Gasteiger partial charge is 3.00 e. The van der Waals surface area contributed by atoms with Gasteiger partial charge in [-0.15, -0.1) is 0 Å². The molecule has 0 atom stereocenters. The predicted molar refractivity (Wildman–Crippen MR) is 39.4 cm³/mol. The molecule has 1 rings (SSSR count). The van der Waals surface area contributed by atoms with Crippen LogP contribution < -0.4 is 15.3 Å². The molecule has 0 aromatic heterocycles. The Hall–Kier alpha value is -1.75. The maximum atomic E-state index is 10.5. The molecule has 83 valence electrons. The second-order valence-corrected chi connectivity index (χ2v) is 2.62. The fourth-order valence-corrected chi connectivity index (χ4v) is 1.02. The van der Waals surface area contributed by atoms with Gasteiger partial charge in [-0.1, -0.05) is 12.1 Å². The summed E-state index contributed by atoms with van der Waals surface area (Å²) < 4.78 is 0. The van der Waals surface area contributed by atoms with Crippen LogP contribution in [0.3, 0.4) is 0 Å². The third kappa shape index (κ3) is 2.87. The number of hydrogen-bond donors (Lipinski definition) is 0. The number of carbonyl (C=O) groups is 3. The number of hydrogen-bond acceptors (Lipinski definition) is 6. The summed E-state index contributed by atoms with van der Waals surface area (Å²) in [5.74, 6) is -5.13. The van der Waals surface area contributed by atoms with E-state index in [-0.39, 0.29) is 19.5 Å². The van der Waals surface area contributed by atoms with Crippen molar-refractivity contribution in [3.05, 3.63) is 34.9 Å². The second kappa shape index (κ2) is 5.37. The Bertz CT molecular complexity index is 453. The fraction of sp³-hybridized carbons (Fsp3) is 0. The number of carboxylic acids is 3. The van der Waals surface area contributed by atoms with E-state index in [1.54, 1.807) is 0 Å². The molecule has 0 saturated carbocycles. The summed E-state index contributed by atoms with van der Waals surface area (Å²) >= 11 is 0. The van der Waals surface area contributed by atoms with Crippen molar-refractivity contribution < 1.29 is 49.2 Å². The monoisotopic (exact) mass is 309 g/mol. The van der Waals surface area contributed by atoms with Gasteiger partial charge < -0.3 is 29.7 Å². The Morgan fingerprint density at radius 1 is 0.812 bits per heavy atom. The van der Waals surface area contributed by atoms with Crippen molar-refractivity contribution in [3.63, 3.8) is 0 Å². The molecular formula is C9H3O6Ru. The summed E-state index contributed by atoms with van der Waals surface area (Å²) in [4.78, 5) is 31.3. The number of aromatic carboxylic acids is 3. The molecule has 0 amide bonds. The van der Waals surface area contributed by atoms with E-state index < -0.39 is 34.6 Å². The molecule has 0 spiro atoms. The van der Waals surface area contributed by atoms with E-state index in [2.05, 4.69) is 0 Å². The number of rotatable bonds is 3. The third-order valence-corrected chi connectivity index (χ3v) is 1.70. The molecule has 0 aliphatic heterocycles. The molecule has 0 aliphatic carbocycles. The summed E-state index contributed by atoms with van der Waals surface area (Å²) in [7, 11) is 0. The van der Waals surface area contributed by atoms with Crippen LogP contribution >= 0.6 is 0 Å². The molecule has 0 unspecified atom stereocenters. The van der Waals surface area contributed by atoms with Gasteiger partial charge in [-0.05, 0) is 11.6 Å². The van der Waals surface area contributed by atoms with Gasteiger partial charge in [0, 0.05) is 11.1 Å². The van der Waals surface area contributed by atoms with Crippen molar-refractivity contribution in [2.24, 2.45) is 0 Å². The summed E-state index contributed by atoms with van der Waals surface area (Å²) in [6, 6.07) is 2.37. The van der Waals surface area contributed by atoms with Crippen molar-refractivity contribution in [1.82, 2.24) is 0 Å². The van der Waals surface area contributed by atoms with Crippen LogP contribution in [0, 0.1) is 0 Å². The molecule has 16 heavy (non-hydrogen) atoms. The van der Waals surface area contributed by atoms with E-state index in [0.29, 0.717) is 6.07 Å². The van der Waals surface area contributed by atoms with Gasteiger partial charge in [0.1, 0.15) is 0 Å². The molecule has 0 saturated heterocycles. The Balaban J connectivity index is 0.00000225. The molecule has 0 heterocycles. The predicted octanol–water partition coefficient (Wildman–Crippen LogP) is -3.23. The van der Waals surface area contributed by atoms with Crippen LogP contribution in [0.1, 0.15) is 31.1 Å². The van der Waals surface area contributed by atoms with Gasteiger partial charge in [0.15, 0.2) is 0 Å². The van der Waals surface area contributed by atoms with Crippen molar-refractivity contribution in [1.29, 1.82) is 0 Å². The van der Waals surface area contributed by atoms with E-state index in [0.717, 1.165) is 12.1 Å². The van der Waals surface area contributed by atoms with Crippen LogP contribution in [-0.4, -0.2) is 17.9 Å². The van der Waals surface area contributed by atoms with Crippen molar-refractivity contribution >= 4 is 17.9 Å². The van der Waals surface area contributed by atoms with E-state index in [4.69, 9.17) is 0 Å². The zero-order chi connectivity index (χ0) is 11.6. The maximum Gasteiger partial charge on any atom is 3.00 e. The molecule has 0 bridgehead atoms. The van der Waals surface area contributed by atoms with Crippen LogP contribution in [0.2, 0.25) is 0 Å².